The summed E-state index contributed by atoms with van der Waals surface area (Å²) in [5.74, 6) is -1.03. The fraction of sp³-hybridized carbons (Fsp3) is 0. The van der Waals surface area contributed by atoms with Gasteiger partial charge in [-0.3, -0.25) is 4.79 Å². The molecule has 7 heteroatoms. The maximum Gasteiger partial charge on any atom is 0.275 e. The molecule has 4 nitrogen and oxygen atoms in total. The van der Waals surface area contributed by atoms with Crippen LogP contribution >= 0.6 is 27.5 Å². The van der Waals surface area contributed by atoms with E-state index in [1.807, 2.05) is 0 Å². The lowest BCUT2D eigenvalue weighted by molar-refractivity contribution is 0.102. The highest BCUT2D eigenvalue weighted by Crippen LogP contribution is 2.22. The molecule has 0 spiro atoms. The van der Waals surface area contributed by atoms with Gasteiger partial charge in [0.25, 0.3) is 5.91 Å². The molecule has 0 radical (unpaired) electrons. The van der Waals surface area contributed by atoms with E-state index in [2.05, 4.69) is 26.2 Å². The number of nitrogens with two attached hydrogens (primary N) is 1. The third-order valence-electron chi connectivity index (χ3n) is 2.26. The molecular weight excluding hydrogens is 337 g/mol. The van der Waals surface area contributed by atoms with Crippen LogP contribution in [-0.4, -0.2) is 10.9 Å². The van der Waals surface area contributed by atoms with Gasteiger partial charge in [0.05, 0.1) is 10.7 Å². The molecule has 0 saturated carbocycles. The Morgan fingerprint density at radius 3 is 2.84 bits per heavy atom. The van der Waals surface area contributed by atoms with Crippen molar-refractivity contribution in [1.82, 2.24) is 4.98 Å². The summed E-state index contributed by atoms with van der Waals surface area (Å²) in [5, 5.41) is 2.53. The summed E-state index contributed by atoms with van der Waals surface area (Å²) in [7, 11) is 0. The summed E-state index contributed by atoms with van der Waals surface area (Å²) in [6.45, 7) is 0. The average molecular weight is 345 g/mol. The van der Waals surface area contributed by atoms with Gasteiger partial charge in [0.2, 0.25) is 0 Å². The second kappa shape index (κ2) is 5.54. The van der Waals surface area contributed by atoms with Crippen molar-refractivity contribution in [3.63, 3.8) is 0 Å². The average Bonchev–Trinajstić information content (AvgIpc) is 2.36. The van der Waals surface area contributed by atoms with Crippen LogP contribution in [0.25, 0.3) is 0 Å². The molecule has 0 unspecified atom stereocenters. The van der Waals surface area contributed by atoms with E-state index in [0.717, 1.165) is 0 Å². The largest absolute Gasteiger partial charge is 0.384 e. The highest BCUT2D eigenvalue weighted by molar-refractivity contribution is 9.10. The Hall–Kier alpha value is -1.66. The summed E-state index contributed by atoms with van der Waals surface area (Å²) in [5.41, 5.74) is 5.45. The predicted octanol–water partition coefficient (Wildman–Crippen LogP) is 3.47. The normalized spacial score (nSPS) is 10.3. The Labute approximate surface area is 121 Å². The molecule has 0 aliphatic carbocycles. The van der Waals surface area contributed by atoms with Crippen molar-refractivity contribution >= 4 is 44.9 Å². The smallest absolute Gasteiger partial charge is 0.275 e. The number of nitrogens with one attached hydrogen (secondary N) is 1. The minimum atomic E-state index is -0.630. The number of rotatable bonds is 2. The highest BCUT2D eigenvalue weighted by Gasteiger charge is 2.15. The number of aromatic nitrogens is 1. The number of hydrogen-bond acceptors (Lipinski definition) is 3. The predicted molar refractivity (Wildman–Crippen MR) is 75.7 cm³/mol. The number of amides is 1. The molecule has 0 bridgehead atoms. The van der Waals surface area contributed by atoms with Crippen molar-refractivity contribution in [2.24, 2.45) is 0 Å². The zero-order valence-corrected chi connectivity index (χ0v) is 11.8. The number of halogens is 3. The molecule has 3 N–H and O–H groups in total. The minimum Gasteiger partial charge on any atom is -0.384 e. The number of nitrogens with zero attached hydrogens (tertiary/aromatic N) is 1. The zero-order chi connectivity index (χ0) is 14.0. The van der Waals surface area contributed by atoms with Crippen LogP contribution in [0.1, 0.15) is 10.5 Å². The lowest BCUT2D eigenvalue weighted by Gasteiger charge is -2.08. The van der Waals surface area contributed by atoms with E-state index < -0.39 is 11.7 Å². The van der Waals surface area contributed by atoms with Crippen molar-refractivity contribution in [3.05, 3.63) is 51.3 Å². The number of anilines is 2. The van der Waals surface area contributed by atoms with Crippen molar-refractivity contribution in [2.75, 3.05) is 11.1 Å². The van der Waals surface area contributed by atoms with Crippen molar-refractivity contribution in [3.8, 4) is 0 Å². The first kappa shape index (κ1) is 13.8. The Balaban J connectivity index is 2.30. The molecule has 1 amide bonds. The number of hydrogen-bond donors (Lipinski definition) is 2. The van der Waals surface area contributed by atoms with Gasteiger partial charge in [0, 0.05) is 4.47 Å². The lowest BCUT2D eigenvalue weighted by atomic mass is 10.2. The molecule has 98 valence electrons. The fourth-order valence-electron chi connectivity index (χ4n) is 1.39. The molecule has 1 aromatic carbocycles. The van der Waals surface area contributed by atoms with E-state index >= 15 is 0 Å². The van der Waals surface area contributed by atoms with Gasteiger partial charge in [-0.25, -0.2) is 9.37 Å². The quantitative estimate of drug-likeness (QED) is 0.876. The maximum absolute atomic E-state index is 13.5. The number of benzene rings is 1. The number of carbonyl (C=O) groups is 1. The minimum absolute atomic E-state index is 0.0275. The second-order valence-corrected chi connectivity index (χ2v) is 4.97. The molecule has 0 aliphatic heterocycles. The van der Waals surface area contributed by atoms with Gasteiger partial charge < -0.3 is 11.1 Å². The Kier molecular flexibility index (Phi) is 4.01. The third-order valence-corrected chi connectivity index (χ3v) is 3.06. The van der Waals surface area contributed by atoms with E-state index in [4.69, 9.17) is 17.3 Å². The van der Waals surface area contributed by atoms with Gasteiger partial charge in [-0.05, 0) is 30.3 Å². The SMILES string of the molecule is Nc1ccc(Cl)c(C(=O)Nc2cc(Br)ccc2F)n1. The van der Waals surface area contributed by atoms with Crippen LogP contribution in [0.3, 0.4) is 0 Å². The third kappa shape index (κ3) is 3.21. The summed E-state index contributed by atoms with van der Waals surface area (Å²) in [6.07, 6.45) is 0. The summed E-state index contributed by atoms with van der Waals surface area (Å²) in [6, 6.07) is 7.12. The van der Waals surface area contributed by atoms with Crippen LogP contribution in [0.4, 0.5) is 15.9 Å². The first-order chi connectivity index (χ1) is 8.97. The van der Waals surface area contributed by atoms with Gasteiger partial charge in [0.1, 0.15) is 17.3 Å². The monoisotopic (exact) mass is 343 g/mol. The first-order valence-corrected chi connectivity index (χ1v) is 6.33. The Morgan fingerprint density at radius 2 is 2.11 bits per heavy atom. The molecule has 0 fully saturated rings. The lowest BCUT2D eigenvalue weighted by Crippen LogP contribution is -2.16. The van der Waals surface area contributed by atoms with Crippen LogP contribution in [0.5, 0.6) is 0 Å². The molecule has 2 aromatic rings. The summed E-state index contributed by atoms with van der Waals surface area (Å²) < 4.78 is 14.1. The van der Waals surface area contributed by atoms with Crippen LogP contribution < -0.4 is 11.1 Å². The van der Waals surface area contributed by atoms with Gasteiger partial charge in [-0.1, -0.05) is 27.5 Å². The molecule has 2 rings (SSSR count). The second-order valence-electron chi connectivity index (χ2n) is 3.64. The molecule has 0 saturated heterocycles. The van der Waals surface area contributed by atoms with Gasteiger partial charge in [-0.15, -0.1) is 0 Å². The van der Waals surface area contributed by atoms with E-state index in [-0.39, 0.29) is 22.2 Å². The molecule has 0 aliphatic rings. The Bertz CT molecular complexity index is 651. The number of nitrogen functional groups attached to an aromatic ring is 1. The molecular formula is C12H8BrClFN3O. The first-order valence-electron chi connectivity index (χ1n) is 5.16. The van der Waals surface area contributed by atoms with Gasteiger partial charge in [0.15, 0.2) is 0 Å². The van der Waals surface area contributed by atoms with Crippen LogP contribution in [0.15, 0.2) is 34.8 Å². The zero-order valence-electron chi connectivity index (χ0n) is 9.45. The van der Waals surface area contributed by atoms with E-state index in [0.29, 0.717) is 4.47 Å². The van der Waals surface area contributed by atoms with E-state index in [1.165, 1.54) is 30.3 Å². The van der Waals surface area contributed by atoms with Crippen LogP contribution in [0, 0.1) is 5.82 Å². The van der Waals surface area contributed by atoms with Crippen molar-refractivity contribution in [1.29, 1.82) is 0 Å². The number of pyridine rings is 1. The van der Waals surface area contributed by atoms with Gasteiger partial charge in [-0.2, -0.15) is 0 Å². The molecule has 1 heterocycles. The molecule has 0 atom stereocenters. The summed E-state index contributed by atoms with van der Waals surface area (Å²) >= 11 is 9.04. The highest BCUT2D eigenvalue weighted by atomic mass is 79.9. The molecule has 1 aromatic heterocycles. The van der Waals surface area contributed by atoms with Crippen molar-refractivity contribution in [2.45, 2.75) is 0 Å². The standard InChI is InChI=1S/C12H8BrClFN3O/c13-6-1-3-8(15)9(5-6)17-12(19)11-7(14)2-4-10(16)18-11/h1-5H,(H2,16,18)(H,17,19). The number of carbonyl (C=O) groups excluding carboxylic acids is 1. The van der Waals surface area contributed by atoms with Crippen molar-refractivity contribution < 1.29 is 9.18 Å². The maximum atomic E-state index is 13.5. The van der Waals surface area contributed by atoms with Crippen LogP contribution in [0.2, 0.25) is 5.02 Å². The van der Waals surface area contributed by atoms with E-state index in [9.17, 15) is 9.18 Å². The summed E-state index contributed by atoms with van der Waals surface area (Å²) in [4.78, 5) is 15.8. The Morgan fingerprint density at radius 1 is 1.37 bits per heavy atom. The molecule has 19 heavy (non-hydrogen) atoms. The van der Waals surface area contributed by atoms with Gasteiger partial charge >= 0.3 is 0 Å². The fourth-order valence-corrected chi connectivity index (χ4v) is 1.94. The van der Waals surface area contributed by atoms with E-state index in [1.54, 1.807) is 0 Å². The topological polar surface area (TPSA) is 68.0 Å². The van der Waals surface area contributed by atoms with Crippen LogP contribution in [-0.2, 0) is 0 Å².